The fourth-order valence-corrected chi connectivity index (χ4v) is 5.70. The summed E-state index contributed by atoms with van der Waals surface area (Å²) in [4.78, 5) is 42.0. The molecule has 5 rings (SSSR count). The number of anilines is 1. The zero-order valence-electron chi connectivity index (χ0n) is 17.4. The van der Waals surface area contributed by atoms with Crippen molar-refractivity contribution < 1.29 is 14.4 Å². The molecular weight excluding hydrogens is 414 g/mol. The second kappa shape index (κ2) is 7.18. The number of para-hydroxylation sites is 1. The fourth-order valence-electron chi connectivity index (χ4n) is 5.48. The molecule has 160 valence electrons. The summed E-state index contributed by atoms with van der Waals surface area (Å²) in [7, 11) is 0. The number of benzene rings is 2. The second-order valence-corrected chi connectivity index (χ2v) is 9.08. The molecule has 3 heterocycles. The third kappa shape index (κ3) is 2.71. The van der Waals surface area contributed by atoms with Gasteiger partial charge in [-0.2, -0.15) is 0 Å². The summed E-state index contributed by atoms with van der Waals surface area (Å²) in [6, 6.07) is 14.6. The predicted molar refractivity (Wildman–Crippen MR) is 117 cm³/mol. The van der Waals surface area contributed by atoms with Gasteiger partial charge in [-0.05, 0) is 31.4 Å². The third-order valence-corrected chi connectivity index (χ3v) is 7.38. The van der Waals surface area contributed by atoms with Crippen LogP contribution >= 0.6 is 11.6 Å². The SMILES string of the molecule is CC[C@H](C)N1C(=O)[C@@H]2[C@H](Cc3ccccc3)N[C@@]3(C(=O)Nc4c(Cl)cccc43)[C@@H]2C1=O. The van der Waals surface area contributed by atoms with Crippen molar-refractivity contribution in [3.63, 3.8) is 0 Å². The molecule has 0 radical (unpaired) electrons. The van der Waals surface area contributed by atoms with Crippen LogP contribution in [0.5, 0.6) is 0 Å². The van der Waals surface area contributed by atoms with Gasteiger partial charge in [-0.25, -0.2) is 0 Å². The Labute approximate surface area is 185 Å². The zero-order chi connectivity index (χ0) is 21.9. The number of fused-ring (bicyclic) bond motifs is 4. The summed E-state index contributed by atoms with van der Waals surface area (Å²) in [6.45, 7) is 3.83. The molecule has 1 spiro atoms. The van der Waals surface area contributed by atoms with Crippen LogP contribution in [0.15, 0.2) is 48.5 Å². The smallest absolute Gasteiger partial charge is 0.250 e. The highest BCUT2D eigenvalue weighted by Gasteiger charge is 2.70. The van der Waals surface area contributed by atoms with E-state index in [1.54, 1.807) is 12.1 Å². The average Bonchev–Trinajstić information content (AvgIpc) is 3.34. The number of carbonyl (C=O) groups excluding carboxylic acids is 3. The Morgan fingerprint density at radius 3 is 2.52 bits per heavy atom. The zero-order valence-corrected chi connectivity index (χ0v) is 18.1. The first-order chi connectivity index (χ1) is 14.9. The van der Waals surface area contributed by atoms with E-state index in [0.29, 0.717) is 29.1 Å². The molecule has 2 N–H and O–H groups in total. The van der Waals surface area contributed by atoms with Crippen molar-refractivity contribution in [1.82, 2.24) is 10.2 Å². The number of halogens is 1. The minimum atomic E-state index is -1.31. The first-order valence-electron chi connectivity index (χ1n) is 10.7. The van der Waals surface area contributed by atoms with Gasteiger partial charge >= 0.3 is 0 Å². The van der Waals surface area contributed by atoms with Gasteiger partial charge in [0.05, 0.1) is 22.5 Å². The van der Waals surface area contributed by atoms with Crippen molar-refractivity contribution in [3.05, 3.63) is 64.7 Å². The molecule has 6 nitrogen and oxygen atoms in total. The molecule has 2 saturated heterocycles. The summed E-state index contributed by atoms with van der Waals surface area (Å²) in [6.07, 6.45) is 1.20. The molecule has 0 saturated carbocycles. The molecule has 0 aliphatic carbocycles. The largest absolute Gasteiger partial charge is 0.323 e. The minimum absolute atomic E-state index is 0.196. The van der Waals surface area contributed by atoms with Gasteiger partial charge in [-0.1, -0.05) is 61.0 Å². The number of carbonyl (C=O) groups is 3. The number of nitrogens with one attached hydrogen (secondary N) is 2. The van der Waals surface area contributed by atoms with Gasteiger partial charge in [-0.15, -0.1) is 0 Å². The van der Waals surface area contributed by atoms with Crippen molar-refractivity contribution in [2.45, 2.75) is 44.3 Å². The Hall–Kier alpha value is -2.70. The quantitative estimate of drug-likeness (QED) is 0.720. The van der Waals surface area contributed by atoms with E-state index in [1.807, 2.05) is 50.2 Å². The van der Waals surface area contributed by atoms with Crippen LogP contribution < -0.4 is 10.6 Å². The lowest BCUT2D eigenvalue weighted by Crippen LogP contribution is -2.54. The van der Waals surface area contributed by atoms with Gasteiger partial charge in [-0.3, -0.25) is 24.6 Å². The van der Waals surface area contributed by atoms with Crippen LogP contribution in [-0.2, 0) is 26.3 Å². The molecule has 0 bridgehead atoms. The van der Waals surface area contributed by atoms with Gasteiger partial charge in [0.15, 0.2) is 0 Å². The van der Waals surface area contributed by atoms with Crippen LogP contribution in [0.2, 0.25) is 5.02 Å². The number of imide groups is 1. The van der Waals surface area contributed by atoms with Crippen molar-refractivity contribution in [3.8, 4) is 0 Å². The van der Waals surface area contributed by atoms with E-state index in [4.69, 9.17) is 11.6 Å². The topological polar surface area (TPSA) is 78.5 Å². The number of amides is 3. The van der Waals surface area contributed by atoms with Crippen LogP contribution in [0, 0.1) is 11.8 Å². The molecule has 0 unspecified atom stereocenters. The normalized spacial score (nSPS) is 30.0. The predicted octanol–water partition coefficient (Wildman–Crippen LogP) is 3.10. The van der Waals surface area contributed by atoms with Gasteiger partial charge in [0.2, 0.25) is 17.7 Å². The van der Waals surface area contributed by atoms with E-state index < -0.39 is 17.4 Å². The lowest BCUT2D eigenvalue weighted by atomic mass is 9.76. The number of hydrogen-bond donors (Lipinski definition) is 2. The maximum atomic E-state index is 13.6. The fraction of sp³-hybridized carbons (Fsp3) is 0.375. The van der Waals surface area contributed by atoms with Gasteiger partial charge < -0.3 is 5.32 Å². The summed E-state index contributed by atoms with van der Waals surface area (Å²) in [5.74, 6) is -2.22. The van der Waals surface area contributed by atoms with Gasteiger partial charge in [0, 0.05) is 17.6 Å². The maximum Gasteiger partial charge on any atom is 0.250 e. The summed E-state index contributed by atoms with van der Waals surface area (Å²) < 4.78 is 0. The average molecular weight is 438 g/mol. The monoisotopic (exact) mass is 437 g/mol. The molecule has 5 atom stereocenters. The van der Waals surface area contributed by atoms with Crippen LogP contribution in [0.4, 0.5) is 5.69 Å². The molecule has 3 amide bonds. The standard InChI is InChI=1S/C24H24ClN3O3/c1-3-13(2)28-21(29)18-17(12-14-8-5-4-6-9-14)27-24(19(18)22(28)30)15-10-7-11-16(25)20(15)26-23(24)31/h4-11,13,17-19,27H,3,12H2,1-2H3,(H,26,31)/t13-,17-,18+,19-,24+/m0/s1. The molecule has 31 heavy (non-hydrogen) atoms. The molecule has 2 fully saturated rings. The molecule has 3 aliphatic heterocycles. The molecule has 7 heteroatoms. The highest BCUT2D eigenvalue weighted by molar-refractivity contribution is 6.35. The Kier molecular flexibility index (Phi) is 4.68. The van der Waals surface area contributed by atoms with Crippen molar-refractivity contribution in [2.24, 2.45) is 11.8 Å². The van der Waals surface area contributed by atoms with Crippen molar-refractivity contribution in [1.29, 1.82) is 0 Å². The van der Waals surface area contributed by atoms with Gasteiger partial charge in [0.1, 0.15) is 5.54 Å². The lowest BCUT2D eigenvalue weighted by molar-refractivity contribution is -0.145. The van der Waals surface area contributed by atoms with Crippen LogP contribution in [0.1, 0.15) is 31.4 Å². The number of nitrogens with zero attached hydrogens (tertiary/aromatic N) is 1. The summed E-state index contributed by atoms with van der Waals surface area (Å²) in [5.41, 5.74) is 0.896. The van der Waals surface area contributed by atoms with E-state index >= 15 is 0 Å². The van der Waals surface area contributed by atoms with E-state index in [-0.39, 0.29) is 29.8 Å². The highest BCUT2D eigenvalue weighted by Crippen LogP contribution is 2.54. The first-order valence-corrected chi connectivity index (χ1v) is 11.1. The van der Waals surface area contributed by atoms with Crippen LogP contribution in [-0.4, -0.2) is 34.7 Å². The van der Waals surface area contributed by atoms with E-state index in [0.717, 1.165) is 5.56 Å². The van der Waals surface area contributed by atoms with Crippen molar-refractivity contribution >= 4 is 35.0 Å². The molecule has 2 aromatic carbocycles. The minimum Gasteiger partial charge on any atom is -0.323 e. The molecular formula is C24H24ClN3O3. The Bertz CT molecular complexity index is 1090. The maximum absolute atomic E-state index is 13.6. The van der Waals surface area contributed by atoms with E-state index in [2.05, 4.69) is 10.6 Å². The molecule has 3 aliphatic rings. The van der Waals surface area contributed by atoms with Gasteiger partial charge in [0.25, 0.3) is 0 Å². The van der Waals surface area contributed by atoms with E-state index in [1.165, 1.54) is 4.90 Å². The van der Waals surface area contributed by atoms with E-state index in [9.17, 15) is 14.4 Å². The molecule has 2 aromatic rings. The molecule has 0 aromatic heterocycles. The summed E-state index contributed by atoms with van der Waals surface area (Å²) >= 11 is 6.37. The number of hydrogen-bond acceptors (Lipinski definition) is 4. The Morgan fingerprint density at radius 2 is 1.81 bits per heavy atom. The summed E-state index contributed by atoms with van der Waals surface area (Å²) in [5, 5.41) is 6.74. The highest BCUT2D eigenvalue weighted by atomic mass is 35.5. The van der Waals surface area contributed by atoms with Crippen molar-refractivity contribution in [2.75, 3.05) is 5.32 Å². The second-order valence-electron chi connectivity index (χ2n) is 8.67. The Balaban J connectivity index is 1.66. The Morgan fingerprint density at radius 1 is 1.06 bits per heavy atom. The number of likely N-dealkylation sites (tertiary alicyclic amines) is 1. The third-order valence-electron chi connectivity index (χ3n) is 7.06. The number of rotatable bonds is 4. The lowest BCUT2D eigenvalue weighted by Gasteiger charge is -2.31. The first kappa shape index (κ1) is 20.2. The van der Waals surface area contributed by atoms with Crippen LogP contribution in [0.25, 0.3) is 0 Å². The van der Waals surface area contributed by atoms with Crippen LogP contribution in [0.3, 0.4) is 0 Å².